The maximum absolute atomic E-state index is 10.7. The Labute approximate surface area is 99.0 Å². The van der Waals surface area contributed by atoms with Crippen molar-refractivity contribution in [3.63, 3.8) is 0 Å². The van der Waals surface area contributed by atoms with Crippen LogP contribution in [0.25, 0.3) is 0 Å². The van der Waals surface area contributed by atoms with E-state index < -0.39 is 4.92 Å². The molecule has 3 N–H and O–H groups in total. The van der Waals surface area contributed by atoms with Crippen LogP contribution in [0, 0.1) is 17.0 Å². The van der Waals surface area contributed by atoms with E-state index >= 15 is 0 Å². The van der Waals surface area contributed by atoms with Crippen molar-refractivity contribution in [2.24, 2.45) is 5.73 Å². The Balaban J connectivity index is 2.57. The fraction of sp³-hybridized carbons (Fsp3) is 0.364. The molecule has 1 amide bonds. The number of carbonyl (C=O) groups is 1. The second-order valence-electron chi connectivity index (χ2n) is 3.77. The standard InChI is InChI=1S/C11H15N3O3/c1-8-2-3-9(6-10(8)14(16)17)7-13-5-4-11(12)15/h2-3,6,13H,4-5,7H2,1H3,(H2,12,15). The monoisotopic (exact) mass is 237 g/mol. The average molecular weight is 237 g/mol. The third-order valence-corrected chi connectivity index (χ3v) is 2.35. The summed E-state index contributed by atoms with van der Waals surface area (Å²) in [4.78, 5) is 20.8. The number of aryl methyl sites for hydroxylation is 1. The van der Waals surface area contributed by atoms with Crippen molar-refractivity contribution in [1.29, 1.82) is 0 Å². The van der Waals surface area contributed by atoms with Crippen LogP contribution < -0.4 is 11.1 Å². The number of carbonyl (C=O) groups excluding carboxylic acids is 1. The van der Waals surface area contributed by atoms with Crippen molar-refractivity contribution in [2.75, 3.05) is 6.54 Å². The van der Waals surface area contributed by atoms with Gasteiger partial charge in [0.05, 0.1) is 4.92 Å². The molecule has 6 heteroatoms. The third kappa shape index (κ3) is 4.20. The van der Waals surface area contributed by atoms with Crippen molar-refractivity contribution in [2.45, 2.75) is 19.9 Å². The largest absolute Gasteiger partial charge is 0.370 e. The average Bonchev–Trinajstić information content (AvgIpc) is 2.25. The summed E-state index contributed by atoms with van der Waals surface area (Å²) in [5.41, 5.74) is 6.54. The van der Waals surface area contributed by atoms with E-state index in [-0.39, 0.29) is 18.0 Å². The number of hydrogen-bond acceptors (Lipinski definition) is 4. The molecule has 1 rings (SSSR count). The van der Waals surface area contributed by atoms with E-state index in [0.29, 0.717) is 18.7 Å². The lowest BCUT2D eigenvalue weighted by Gasteiger charge is -2.04. The molecule has 1 aromatic rings. The molecule has 0 aliphatic rings. The van der Waals surface area contributed by atoms with E-state index in [2.05, 4.69) is 5.32 Å². The number of nitrogens with zero attached hydrogens (tertiary/aromatic N) is 1. The molecule has 0 aromatic heterocycles. The molecule has 0 saturated carbocycles. The number of rotatable bonds is 6. The first-order valence-corrected chi connectivity index (χ1v) is 5.23. The molecule has 0 atom stereocenters. The number of amides is 1. The van der Waals surface area contributed by atoms with Gasteiger partial charge in [0.1, 0.15) is 0 Å². The van der Waals surface area contributed by atoms with Gasteiger partial charge in [0.2, 0.25) is 5.91 Å². The van der Waals surface area contributed by atoms with Crippen molar-refractivity contribution in [3.8, 4) is 0 Å². The highest BCUT2D eigenvalue weighted by Gasteiger charge is 2.10. The Kier molecular flexibility index (Phi) is 4.59. The van der Waals surface area contributed by atoms with Gasteiger partial charge >= 0.3 is 0 Å². The van der Waals surface area contributed by atoms with Gasteiger partial charge in [-0.25, -0.2) is 0 Å². The highest BCUT2D eigenvalue weighted by Crippen LogP contribution is 2.18. The number of benzene rings is 1. The first-order chi connectivity index (χ1) is 8.00. The molecule has 0 bridgehead atoms. The molecule has 17 heavy (non-hydrogen) atoms. The van der Waals surface area contributed by atoms with Crippen LogP contribution in [0.1, 0.15) is 17.5 Å². The number of nitro benzene ring substituents is 1. The molecule has 0 aliphatic heterocycles. The van der Waals surface area contributed by atoms with Crippen LogP contribution in [-0.4, -0.2) is 17.4 Å². The van der Waals surface area contributed by atoms with Crippen LogP contribution in [0.4, 0.5) is 5.69 Å². The lowest BCUT2D eigenvalue weighted by molar-refractivity contribution is -0.385. The molecule has 0 aliphatic carbocycles. The molecule has 0 heterocycles. The maximum Gasteiger partial charge on any atom is 0.272 e. The highest BCUT2D eigenvalue weighted by atomic mass is 16.6. The molecule has 6 nitrogen and oxygen atoms in total. The second-order valence-corrected chi connectivity index (χ2v) is 3.77. The Morgan fingerprint density at radius 3 is 2.82 bits per heavy atom. The predicted octanol–water partition coefficient (Wildman–Crippen LogP) is 0.868. The summed E-state index contributed by atoms with van der Waals surface area (Å²) in [5.74, 6) is -0.368. The van der Waals surface area contributed by atoms with Gasteiger partial charge < -0.3 is 11.1 Å². The smallest absolute Gasteiger partial charge is 0.272 e. The molecule has 1 aromatic carbocycles. The highest BCUT2D eigenvalue weighted by molar-refractivity contribution is 5.73. The van der Waals surface area contributed by atoms with Crippen LogP contribution in [0.15, 0.2) is 18.2 Å². The number of hydrogen-bond donors (Lipinski definition) is 2. The zero-order valence-electron chi connectivity index (χ0n) is 9.60. The van der Waals surface area contributed by atoms with E-state index in [1.54, 1.807) is 13.0 Å². The molecule has 0 unspecified atom stereocenters. The molecular weight excluding hydrogens is 222 g/mol. The molecule has 92 valence electrons. The van der Waals surface area contributed by atoms with Gasteiger partial charge in [-0.15, -0.1) is 0 Å². The molecular formula is C11H15N3O3. The summed E-state index contributed by atoms with van der Waals surface area (Å²) in [6.07, 6.45) is 0.258. The summed E-state index contributed by atoms with van der Waals surface area (Å²) in [6.45, 7) is 2.65. The fourth-order valence-corrected chi connectivity index (χ4v) is 1.41. The maximum atomic E-state index is 10.7. The normalized spacial score (nSPS) is 10.2. The fourth-order valence-electron chi connectivity index (χ4n) is 1.41. The van der Waals surface area contributed by atoms with Gasteiger partial charge in [0.15, 0.2) is 0 Å². The van der Waals surface area contributed by atoms with Crippen molar-refractivity contribution >= 4 is 11.6 Å². The van der Waals surface area contributed by atoms with Crippen LogP contribution in [0.2, 0.25) is 0 Å². The predicted molar refractivity (Wildman–Crippen MR) is 63.4 cm³/mol. The van der Waals surface area contributed by atoms with Crippen LogP contribution in [0.5, 0.6) is 0 Å². The minimum atomic E-state index is -0.401. The summed E-state index contributed by atoms with van der Waals surface area (Å²) >= 11 is 0. The first kappa shape index (κ1) is 13.1. The molecule has 0 radical (unpaired) electrons. The lowest BCUT2D eigenvalue weighted by Crippen LogP contribution is -2.21. The van der Waals surface area contributed by atoms with Gasteiger partial charge in [-0.05, 0) is 12.5 Å². The van der Waals surface area contributed by atoms with Crippen molar-refractivity contribution in [3.05, 3.63) is 39.4 Å². The first-order valence-electron chi connectivity index (χ1n) is 5.23. The topological polar surface area (TPSA) is 98.3 Å². The van der Waals surface area contributed by atoms with Gasteiger partial charge in [0, 0.05) is 31.1 Å². The summed E-state index contributed by atoms with van der Waals surface area (Å²) in [7, 11) is 0. The van der Waals surface area contributed by atoms with E-state index in [4.69, 9.17) is 5.73 Å². The lowest BCUT2D eigenvalue weighted by atomic mass is 10.1. The zero-order valence-corrected chi connectivity index (χ0v) is 9.60. The van der Waals surface area contributed by atoms with Crippen LogP contribution >= 0.6 is 0 Å². The molecule has 0 fully saturated rings. The van der Waals surface area contributed by atoms with Crippen molar-refractivity contribution < 1.29 is 9.72 Å². The second kappa shape index (κ2) is 5.95. The Hall–Kier alpha value is -1.95. The van der Waals surface area contributed by atoms with E-state index in [9.17, 15) is 14.9 Å². The minimum Gasteiger partial charge on any atom is -0.370 e. The zero-order chi connectivity index (χ0) is 12.8. The Bertz CT molecular complexity index is 432. The summed E-state index contributed by atoms with van der Waals surface area (Å²) in [6, 6.07) is 5.06. The number of nitro groups is 1. The number of primary amides is 1. The summed E-state index contributed by atoms with van der Waals surface area (Å²) < 4.78 is 0. The molecule has 0 saturated heterocycles. The Morgan fingerprint density at radius 1 is 1.53 bits per heavy atom. The van der Waals surface area contributed by atoms with Gasteiger partial charge in [0.25, 0.3) is 5.69 Å². The van der Waals surface area contributed by atoms with Gasteiger partial charge in [-0.2, -0.15) is 0 Å². The van der Waals surface area contributed by atoms with Crippen molar-refractivity contribution in [1.82, 2.24) is 5.32 Å². The SMILES string of the molecule is Cc1ccc(CNCCC(N)=O)cc1[N+](=O)[O-]. The quantitative estimate of drug-likeness (QED) is 0.435. The van der Waals surface area contributed by atoms with Crippen LogP contribution in [-0.2, 0) is 11.3 Å². The summed E-state index contributed by atoms with van der Waals surface area (Å²) in [5, 5.41) is 13.7. The van der Waals surface area contributed by atoms with Gasteiger partial charge in [-0.3, -0.25) is 14.9 Å². The van der Waals surface area contributed by atoms with E-state index in [0.717, 1.165) is 5.56 Å². The minimum absolute atomic E-state index is 0.110. The number of nitrogens with two attached hydrogens (primary N) is 1. The Morgan fingerprint density at radius 2 is 2.24 bits per heavy atom. The van der Waals surface area contributed by atoms with Gasteiger partial charge in [-0.1, -0.05) is 12.1 Å². The third-order valence-electron chi connectivity index (χ3n) is 2.35. The van der Waals surface area contributed by atoms with E-state index in [1.165, 1.54) is 6.07 Å². The van der Waals surface area contributed by atoms with E-state index in [1.807, 2.05) is 6.07 Å². The number of nitrogens with one attached hydrogen (secondary N) is 1. The molecule has 0 spiro atoms. The van der Waals surface area contributed by atoms with Crippen LogP contribution in [0.3, 0.4) is 0 Å².